The van der Waals surface area contributed by atoms with Crippen molar-refractivity contribution in [2.45, 2.75) is 24.4 Å². The topological polar surface area (TPSA) is 35.0 Å². The van der Waals surface area contributed by atoms with Crippen LogP contribution in [0.1, 0.15) is 0 Å². The average molecular weight is 237 g/mol. The van der Waals surface area contributed by atoms with Crippen LogP contribution in [0, 0.1) is 0 Å². The molecular weight excluding hydrogens is 233 g/mol. The number of hydrogen-bond acceptors (Lipinski definition) is 1. The first-order valence-corrected chi connectivity index (χ1v) is 2.55. The van der Waals surface area contributed by atoms with E-state index in [-0.39, 0.29) is 6.15 Å². The third kappa shape index (κ3) is 2.22. The molecule has 0 unspecified atom stereocenters. The van der Waals surface area contributed by atoms with E-state index in [4.69, 9.17) is 0 Å². The molecule has 0 fully saturated rings. The Hall–Kier alpha value is -0.670. The third-order valence-electron chi connectivity index (χ3n) is 1.05. The second-order valence-electron chi connectivity index (χ2n) is 2.00. The fourth-order valence-corrected chi connectivity index (χ4v) is 0.326. The van der Waals surface area contributed by atoms with Gasteiger partial charge in [0.15, 0.2) is 0 Å². The first kappa shape index (κ1) is 15.8. The van der Waals surface area contributed by atoms with Crippen molar-refractivity contribution in [3.63, 3.8) is 0 Å². The molecule has 0 aliphatic rings. The molecule has 0 spiro atoms. The predicted octanol–water partition coefficient (Wildman–Crippen LogP) is 3.25. The largest absolute Gasteiger partial charge is 0.460 e. The van der Waals surface area contributed by atoms with Crippen molar-refractivity contribution in [3.05, 3.63) is 0 Å². The van der Waals surface area contributed by atoms with Crippen LogP contribution in [0.2, 0.25) is 0 Å². The Bertz CT molecular complexity index is 182. The highest BCUT2D eigenvalue weighted by Gasteiger charge is 2.76. The second kappa shape index (κ2) is 3.83. The van der Waals surface area contributed by atoms with Gasteiger partial charge in [-0.05, 0) is 0 Å². The highest BCUT2D eigenvalue weighted by molar-refractivity contribution is 4.92. The molecule has 0 bridgehead atoms. The molecule has 0 saturated heterocycles. The summed E-state index contributed by atoms with van der Waals surface area (Å²) in [4.78, 5) is 0. The molecule has 0 aliphatic carbocycles. The number of alkyl halides is 9. The van der Waals surface area contributed by atoms with Gasteiger partial charge in [-0.25, -0.2) is 8.78 Å². The van der Waals surface area contributed by atoms with Gasteiger partial charge in [-0.3, -0.25) is 0 Å². The van der Waals surface area contributed by atoms with Crippen molar-refractivity contribution in [1.82, 2.24) is 6.15 Å². The highest BCUT2D eigenvalue weighted by atomic mass is 19.4. The van der Waals surface area contributed by atoms with Crippen LogP contribution in [0.5, 0.6) is 0 Å². The molecule has 0 amide bonds. The average Bonchev–Trinajstić information content (AvgIpc) is 1.84. The smallest absolute Gasteiger partial charge is 0.344 e. The van der Waals surface area contributed by atoms with Crippen LogP contribution in [0.3, 0.4) is 0 Å². The molecule has 0 atom stereocenters. The minimum Gasteiger partial charge on any atom is -0.344 e. The van der Waals surface area contributed by atoms with E-state index >= 15 is 0 Å². The Kier molecular flexibility index (Phi) is 4.32. The normalized spacial score (nSPS) is 14.1. The summed E-state index contributed by atoms with van der Waals surface area (Å²) in [5.41, 5.74) is 0. The van der Waals surface area contributed by atoms with Gasteiger partial charge in [0, 0.05) is 0 Å². The van der Waals surface area contributed by atoms with Crippen LogP contribution in [0.15, 0.2) is 0 Å². The second-order valence-corrected chi connectivity index (χ2v) is 2.00. The summed E-state index contributed by atoms with van der Waals surface area (Å²) in [6.07, 6.45) is -11.8. The van der Waals surface area contributed by atoms with Gasteiger partial charge in [-0.1, -0.05) is 0 Å². The van der Waals surface area contributed by atoms with Gasteiger partial charge < -0.3 is 6.15 Å². The lowest BCUT2D eigenvalue weighted by molar-refractivity contribution is -0.375. The molecule has 1 nitrogen and oxygen atoms in total. The zero-order valence-electron chi connectivity index (χ0n) is 6.19. The van der Waals surface area contributed by atoms with E-state index in [0.717, 1.165) is 0 Å². The molecule has 0 radical (unpaired) electrons. The van der Waals surface area contributed by atoms with Crippen LogP contribution in [-0.4, -0.2) is 24.4 Å². The summed E-state index contributed by atoms with van der Waals surface area (Å²) in [6.45, 7) is 0. The van der Waals surface area contributed by atoms with Gasteiger partial charge in [0.25, 0.3) is 0 Å². The van der Waals surface area contributed by atoms with Crippen LogP contribution < -0.4 is 6.15 Å². The minimum absolute atomic E-state index is 0. The summed E-state index contributed by atoms with van der Waals surface area (Å²) in [5.74, 6) is -13.1. The molecule has 0 aromatic rings. The third-order valence-corrected chi connectivity index (χ3v) is 1.05. The maximum absolute atomic E-state index is 11.6. The Morgan fingerprint density at radius 3 is 1.07 bits per heavy atom. The van der Waals surface area contributed by atoms with Crippen molar-refractivity contribution >= 4 is 0 Å². The van der Waals surface area contributed by atoms with Gasteiger partial charge in [0.2, 0.25) is 0 Å². The van der Waals surface area contributed by atoms with Crippen LogP contribution in [-0.2, 0) is 0 Å². The minimum atomic E-state index is -6.73. The molecular formula is C4H4F9N. The number of hydrogen-bond donors (Lipinski definition) is 1. The molecule has 88 valence electrons. The van der Waals surface area contributed by atoms with Gasteiger partial charge in [0.05, 0.1) is 0 Å². The van der Waals surface area contributed by atoms with E-state index in [9.17, 15) is 39.5 Å². The molecule has 0 rings (SSSR count). The Labute approximate surface area is 71.5 Å². The van der Waals surface area contributed by atoms with Crippen molar-refractivity contribution in [2.75, 3.05) is 0 Å². The summed E-state index contributed by atoms with van der Waals surface area (Å²) in [7, 11) is 0. The predicted molar refractivity (Wildman–Crippen MR) is 27.0 cm³/mol. The Morgan fingerprint density at radius 1 is 0.714 bits per heavy atom. The molecule has 14 heavy (non-hydrogen) atoms. The summed E-state index contributed by atoms with van der Waals surface area (Å²) < 4.78 is 102. The lowest BCUT2D eigenvalue weighted by Crippen LogP contribution is -2.55. The summed E-state index contributed by atoms with van der Waals surface area (Å²) in [5, 5.41) is 0. The van der Waals surface area contributed by atoms with E-state index in [2.05, 4.69) is 0 Å². The first-order valence-electron chi connectivity index (χ1n) is 2.55. The lowest BCUT2D eigenvalue weighted by Gasteiger charge is -2.27. The maximum Gasteiger partial charge on any atom is 0.460 e. The maximum atomic E-state index is 11.6. The van der Waals surface area contributed by atoms with Crippen LogP contribution in [0.25, 0.3) is 0 Å². The van der Waals surface area contributed by atoms with E-state index in [1.165, 1.54) is 0 Å². The molecule has 3 N–H and O–H groups in total. The van der Waals surface area contributed by atoms with Crippen molar-refractivity contribution in [1.29, 1.82) is 0 Å². The van der Waals surface area contributed by atoms with E-state index in [1.807, 2.05) is 0 Å². The quantitative estimate of drug-likeness (QED) is 0.735. The zero-order chi connectivity index (χ0) is 11.1. The van der Waals surface area contributed by atoms with Crippen molar-refractivity contribution < 1.29 is 39.5 Å². The lowest BCUT2D eigenvalue weighted by atomic mass is 10.2. The fraction of sp³-hybridized carbons (Fsp3) is 1.00. The van der Waals surface area contributed by atoms with Crippen molar-refractivity contribution in [2.24, 2.45) is 0 Å². The monoisotopic (exact) mass is 237 g/mol. The SMILES string of the molecule is FC(F)C(F)(F)C(F)(F)C(F)(F)F.N. The Morgan fingerprint density at radius 2 is 1.00 bits per heavy atom. The fourth-order valence-electron chi connectivity index (χ4n) is 0.326. The molecule has 0 heterocycles. The van der Waals surface area contributed by atoms with Crippen LogP contribution >= 0.6 is 0 Å². The van der Waals surface area contributed by atoms with Gasteiger partial charge in [-0.2, -0.15) is 30.7 Å². The first-order chi connectivity index (χ1) is 5.44. The van der Waals surface area contributed by atoms with Crippen molar-refractivity contribution in [3.8, 4) is 0 Å². The molecule has 0 aliphatic heterocycles. The van der Waals surface area contributed by atoms with E-state index in [0.29, 0.717) is 0 Å². The van der Waals surface area contributed by atoms with E-state index in [1.54, 1.807) is 0 Å². The van der Waals surface area contributed by atoms with Gasteiger partial charge in [-0.15, -0.1) is 0 Å². The standard InChI is InChI=1S/C4HF9.H3N/c5-1(6)2(7,8)3(9,10)4(11,12)13;/h1H;1H3. The zero-order valence-corrected chi connectivity index (χ0v) is 6.19. The van der Waals surface area contributed by atoms with Crippen LogP contribution in [0.4, 0.5) is 39.5 Å². The Balaban J connectivity index is 0. The molecule has 10 heteroatoms. The summed E-state index contributed by atoms with van der Waals surface area (Å²) in [6, 6.07) is 0. The molecule has 0 saturated carbocycles. The number of halogens is 9. The highest BCUT2D eigenvalue weighted by Crippen LogP contribution is 2.48. The van der Waals surface area contributed by atoms with Gasteiger partial charge >= 0.3 is 24.4 Å². The summed E-state index contributed by atoms with van der Waals surface area (Å²) >= 11 is 0. The molecule has 0 aromatic heterocycles. The van der Waals surface area contributed by atoms with E-state index < -0.39 is 24.4 Å². The van der Waals surface area contributed by atoms with Gasteiger partial charge in [0.1, 0.15) is 0 Å². The molecule has 0 aromatic carbocycles. The number of rotatable bonds is 2.